The number of carbonyl (C=O) groups is 2. The van der Waals surface area contributed by atoms with E-state index < -0.39 is 18.5 Å². The Morgan fingerprint density at radius 1 is 1.26 bits per heavy atom. The first-order chi connectivity index (χ1) is 12.8. The van der Waals surface area contributed by atoms with E-state index in [0.717, 1.165) is 16.9 Å². The quantitative estimate of drug-likeness (QED) is 0.635. The number of aromatic amines is 1. The zero-order valence-corrected chi connectivity index (χ0v) is 16.2. The first kappa shape index (κ1) is 19.1. The van der Waals surface area contributed by atoms with E-state index in [0.29, 0.717) is 33.2 Å². The highest BCUT2D eigenvalue weighted by atomic mass is 35.5. The summed E-state index contributed by atoms with van der Waals surface area (Å²) in [7, 11) is 0. The summed E-state index contributed by atoms with van der Waals surface area (Å²) >= 11 is 6.88. The molecule has 0 radical (unpaired) electrons. The third kappa shape index (κ3) is 4.35. The van der Waals surface area contributed by atoms with Crippen molar-refractivity contribution in [2.24, 2.45) is 0 Å². The number of amides is 1. The van der Waals surface area contributed by atoms with Gasteiger partial charge in [-0.1, -0.05) is 23.7 Å². The zero-order valence-electron chi connectivity index (χ0n) is 14.6. The number of esters is 1. The van der Waals surface area contributed by atoms with E-state index >= 15 is 0 Å². The average Bonchev–Trinajstić information content (AvgIpc) is 2.95. The fraction of sp³-hybridized carbons (Fsp3) is 0.222. The molecule has 0 bridgehead atoms. The van der Waals surface area contributed by atoms with Crippen LogP contribution in [-0.2, 0) is 16.1 Å². The molecule has 3 rings (SSSR count). The Kier molecular flexibility index (Phi) is 5.57. The maximum Gasteiger partial charge on any atom is 0.349 e. The molecule has 0 saturated carbocycles. The minimum atomic E-state index is -0.658. The fourth-order valence-corrected chi connectivity index (χ4v) is 3.74. The largest absolute Gasteiger partial charge is 0.451 e. The summed E-state index contributed by atoms with van der Waals surface area (Å²) in [5.41, 5.74) is 1.07. The minimum absolute atomic E-state index is 0.263. The number of ether oxygens (including phenoxy) is 1. The predicted octanol–water partition coefficient (Wildman–Crippen LogP) is 2.73. The number of rotatable bonds is 5. The van der Waals surface area contributed by atoms with Crippen LogP contribution < -0.4 is 10.9 Å². The lowest BCUT2D eigenvalue weighted by Crippen LogP contribution is -2.28. The van der Waals surface area contributed by atoms with Crippen LogP contribution in [0.15, 0.2) is 29.1 Å². The van der Waals surface area contributed by atoms with Gasteiger partial charge in [-0.2, -0.15) is 0 Å². The van der Waals surface area contributed by atoms with Crippen molar-refractivity contribution in [2.75, 3.05) is 6.61 Å². The molecular formula is C18H16ClN3O4S. The number of fused-ring (bicyclic) bond motifs is 1. The smallest absolute Gasteiger partial charge is 0.349 e. The lowest BCUT2D eigenvalue weighted by atomic mass is 10.2. The van der Waals surface area contributed by atoms with E-state index in [1.807, 2.05) is 0 Å². The number of hydrogen-bond donors (Lipinski definition) is 2. The van der Waals surface area contributed by atoms with Crippen LogP contribution in [0.25, 0.3) is 10.2 Å². The predicted molar refractivity (Wildman–Crippen MR) is 103 cm³/mol. The first-order valence-corrected chi connectivity index (χ1v) is 9.23. The summed E-state index contributed by atoms with van der Waals surface area (Å²) in [4.78, 5) is 43.8. The molecule has 2 N–H and O–H groups in total. The van der Waals surface area contributed by atoms with Crippen molar-refractivity contribution < 1.29 is 14.3 Å². The van der Waals surface area contributed by atoms with Crippen LogP contribution in [0.5, 0.6) is 0 Å². The molecule has 0 unspecified atom stereocenters. The summed E-state index contributed by atoms with van der Waals surface area (Å²) in [6.45, 7) is 3.21. The molecule has 140 valence electrons. The van der Waals surface area contributed by atoms with Gasteiger partial charge in [0.15, 0.2) is 6.61 Å². The summed E-state index contributed by atoms with van der Waals surface area (Å²) in [5, 5.41) is 3.64. The lowest BCUT2D eigenvalue weighted by Gasteiger charge is -2.06. The van der Waals surface area contributed by atoms with Crippen molar-refractivity contribution in [2.45, 2.75) is 20.4 Å². The summed E-state index contributed by atoms with van der Waals surface area (Å²) < 4.78 is 5.08. The Morgan fingerprint density at radius 3 is 2.67 bits per heavy atom. The molecule has 1 amide bonds. The maximum absolute atomic E-state index is 12.3. The van der Waals surface area contributed by atoms with E-state index in [9.17, 15) is 14.4 Å². The van der Waals surface area contributed by atoms with Crippen molar-refractivity contribution in [3.8, 4) is 0 Å². The molecule has 0 aliphatic rings. The van der Waals surface area contributed by atoms with Gasteiger partial charge >= 0.3 is 5.97 Å². The number of aryl methyl sites for hydroxylation is 2. The lowest BCUT2D eigenvalue weighted by molar-refractivity contribution is -0.124. The van der Waals surface area contributed by atoms with Gasteiger partial charge in [-0.05, 0) is 37.1 Å². The third-order valence-corrected chi connectivity index (χ3v) is 5.26. The van der Waals surface area contributed by atoms with Gasteiger partial charge < -0.3 is 15.0 Å². The standard InChI is InChI=1S/C18H16ClN3O4S/c1-9-14-16(24)21-10(2)22-17(14)27-15(9)18(25)26-8-13(23)20-7-11-3-5-12(19)6-4-11/h3-6H,7-8H2,1-2H3,(H,20,23)(H,21,22,24). The van der Waals surface area contributed by atoms with E-state index in [4.69, 9.17) is 16.3 Å². The van der Waals surface area contributed by atoms with Gasteiger partial charge in [0.1, 0.15) is 15.5 Å². The molecule has 0 aliphatic heterocycles. The number of thiophene rings is 1. The average molecular weight is 406 g/mol. The van der Waals surface area contributed by atoms with Crippen LogP contribution in [0.3, 0.4) is 0 Å². The first-order valence-electron chi connectivity index (χ1n) is 8.03. The van der Waals surface area contributed by atoms with Crippen molar-refractivity contribution in [3.63, 3.8) is 0 Å². The Bertz CT molecular complexity index is 1070. The summed E-state index contributed by atoms with van der Waals surface area (Å²) in [6, 6.07) is 7.04. The molecule has 7 nitrogen and oxygen atoms in total. The molecule has 2 heterocycles. The molecule has 9 heteroatoms. The Labute approximate surface area is 163 Å². The molecule has 3 aromatic rings. The maximum atomic E-state index is 12.3. The highest BCUT2D eigenvalue weighted by Crippen LogP contribution is 2.27. The van der Waals surface area contributed by atoms with Crippen LogP contribution in [-0.4, -0.2) is 28.5 Å². The summed E-state index contributed by atoms with van der Waals surface area (Å²) in [5.74, 6) is -0.617. The highest BCUT2D eigenvalue weighted by molar-refractivity contribution is 7.20. The number of halogens is 1. The second-order valence-corrected chi connectivity index (χ2v) is 7.30. The molecule has 2 aromatic heterocycles. The number of hydrogen-bond acceptors (Lipinski definition) is 6. The topological polar surface area (TPSA) is 101 Å². The van der Waals surface area contributed by atoms with Crippen LogP contribution in [0, 0.1) is 13.8 Å². The monoisotopic (exact) mass is 405 g/mol. The number of H-pyrrole nitrogens is 1. The van der Waals surface area contributed by atoms with Gasteiger partial charge in [0.2, 0.25) is 0 Å². The van der Waals surface area contributed by atoms with Crippen LogP contribution in [0.4, 0.5) is 0 Å². The number of nitrogens with zero attached hydrogens (tertiary/aromatic N) is 1. The van der Waals surface area contributed by atoms with Crippen LogP contribution in [0.2, 0.25) is 5.02 Å². The van der Waals surface area contributed by atoms with Gasteiger partial charge in [-0.25, -0.2) is 9.78 Å². The third-order valence-electron chi connectivity index (χ3n) is 3.84. The van der Waals surface area contributed by atoms with Crippen molar-refractivity contribution in [1.29, 1.82) is 0 Å². The van der Waals surface area contributed by atoms with Gasteiger partial charge in [-0.15, -0.1) is 11.3 Å². The molecule has 0 saturated heterocycles. The summed E-state index contributed by atoms with van der Waals surface area (Å²) in [6.07, 6.45) is 0. The second kappa shape index (κ2) is 7.89. The molecule has 0 aliphatic carbocycles. The normalized spacial score (nSPS) is 10.8. The number of benzene rings is 1. The SMILES string of the molecule is Cc1nc2sc(C(=O)OCC(=O)NCc3ccc(Cl)cc3)c(C)c2c(=O)[nH]1. The van der Waals surface area contributed by atoms with Crippen molar-refractivity contribution in [3.05, 3.63) is 61.5 Å². The fourth-order valence-electron chi connectivity index (χ4n) is 2.50. The highest BCUT2D eigenvalue weighted by Gasteiger charge is 2.20. The van der Waals surface area contributed by atoms with Crippen LogP contribution >= 0.6 is 22.9 Å². The zero-order chi connectivity index (χ0) is 19.6. The number of carbonyl (C=O) groups excluding carboxylic acids is 2. The molecule has 0 atom stereocenters. The van der Waals surface area contributed by atoms with Gasteiger partial charge in [0, 0.05) is 11.6 Å². The van der Waals surface area contributed by atoms with Crippen LogP contribution in [0.1, 0.15) is 26.6 Å². The van der Waals surface area contributed by atoms with Gasteiger partial charge in [0.05, 0.1) is 5.39 Å². The molecule has 0 fully saturated rings. The van der Waals surface area contributed by atoms with E-state index in [-0.39, 0.29) is 10.4 Å². The Hall–Kier alpha value is -2.71. The molecule has 1 aromatic carbocycles. The molecule has 27 heavy (non-hydrogen) atoms. The minimum Gasteiger partial charge on any atom is -0.451 e. The second-order valence-electron chi connectivity index (χ2n) is 5.87. The van der Waals surface area contributed by atoms with Crippen molar-refractivity contribution in [1.82, 2.24) is 15.3 Å². The van der Waals surface area contributed by atoms with Gasteiger partial charge in [0.25, 0.3) is 11.5 Å². The van der Waals surface area contributed by atoms with E-state index in [1.54, 1.807) is 38.1 Å². The number of nitrogens with one attached hydrogen (secondary N) is 2. The Morgan fingerprint density at radius 2 is 1.96 bits per heavy atom. The Balaban J connectivity index is 1.62. The molecule has 0 spiro atoms. The molecular weight excluding hydrogens is 390 g/mol. The van der Waals surface area contributed by atoms with E-state index in [2.05, 4.69) is 15.3 Å². The van der Waals surface area contributed by atoms with Crippen molar-refractivity contribution >= 4 is 45.0 Å². The van der Waals surface area contributed by atoms with E-state index in [1.165, 1.54) is 0 Å². The van der Waals surface area contributed by atoms with Gasteiger partial charge in [-0.3, -0.25) is 9.59 Å². The number of aromatic nitrogens is 2.